The van der Waals surface area contributed by atoms with Crippen LogP contribution < -0.4 is 0 Å². The highest BCUT2D eigenvalue weighted by molar-refractivity contribution is 14.1. The fraction of sp³-hybridized carbons (Fsp3) is 1.00. The number of hydrogen-bond acceptors (Lipinski definition) is 0. The van der Waals surface area contributed by atoms with Crippen LogP contribution in [0.1, 0.15) is 65.7 Å². The smallest absolute Gasteiger partial charge is 0.000473 e. The summed E-state index contributed by atoms with van der Waals surface area (Å²) in [5.41, 5.74) is 0.544. The Balaban J connectivity index is 3.00. The molecule has 0 amide bonds. The molecule has 0 atom stereocenters. The Hall–Kier alpha value is 0.730. The molecule has 0 aliphatic carbocycles. The van der Waals surface area contributed by atoms with Crippen molar-refractivity contribution in [3.63, 3.8) is 0 Å². The van der Waals surface area contributed by atoms with Crippen LogP contribution in [0.2, 0.25) is 0 Å². The van der Waals surface area contributed by atoms with Gasteiger partial charge in [-0.25, -0.2) is 0 Å². The van der Waals surface area contributed by atoms with E-state index in [0.717, 1.165) is 0 Å². The van der Waals surface area contributed by atoms with Crippen LogP contribution in [0.25, 0.3) is 0 Å². The molecule has 0 fully saturated rings. The highest BCUT2D eigenvalue weighted by Crippen LogP contribution is 2.22. The summed E-state index contributed by atoms with van der Waals surface area (Å²) in [6.07, 6.45) is 10.0. The molecular formula is C12H25I. The van der Waals surface area contributed by atoms with Crippen LogP contribution in [0.5, 0.6) is 0 Å². The van der Waals surface area contributed by atoms with Gasteiger partial charge in [0.15, 0.2) is 0 Å². The van der Waals surface area contributed by atoms with Crippen LogP contribution in [0.15, 0.2) is 0 Å². The van der Waals surface area contributed by atoms with Crippen molar-refractivity contribution in [2.75, 3.05) is 4.43 Å². The van der Waals surface area contributed by atoms with Crippen molar-refractivity contribution in [3.05, 3.63) is 0 Å². The molecule has 13 heavy (non-hydrogen) atoms. The predicted octanol–water partition coefficient (Wildman–Crippen LogP) is 5.20. The summed E-state index contributed by atoms with van der Waals surface area (Å²) in [4.78, 5) is 0. The third-order valence-electron chi connectivity index (χ3n) is 2.31. The van der Waals surface area contributed by atoms with Gasteiger partial charge in [-0.3, -0.25) is 0 Å². The Bertz CT molecular complexity index is 102. The van der Waals surface area contributed by atoms with Gasteiger partial charge in [0, 0.05) is 0 Å². The van der Waals surface area contributed by atoms with Crippen LogP contribution in [-0.4, -0.2) is 4.43 Å². The molecule has 0 aliphatic heterocycles. The average molecular weight is 296 g/mol. The average Bonchev–Trinajstić information content (AvgIpc) is 2.01. The van der Waals surface area contributed by atoms with Crippen molar-refractivity contribution >= 4 is 22.6 Å². The van der Waals surface area contributed by atoms with E-state index >= 15 is 0 Å². The highest BCUT2D eigenvalue weighted by Gasteiger charge is 2.08. The second-order valence-electron chi connectivity index (χ2n) is 5.12. The lowest BCUT2D eigenvalue weighted by Gasteiger charge is -2.17. The third-order valence-corrected chi connectivity index (χ3v) is 3.07. The minimum Gasteiger partial charge on any atom is -0.0864 e. The van der Waals surface area contributed by atoms with Gasteiger partial charge in [0.25, 0.3) is 0 Å². The Labute approximate surface area is 98.0 Å². The molecule has 0 rings (SSSR count). The molecule has 0 aromatic rings. The molecule has 0 saturated heterocycles. The SMILES string of the molecule is CC(C)(C)CCCCCCCCI. The number of hydrogen-bond donors (Lipinski definition) is 0. The predicted molar refractivity (Wildman–Crippen MR) is 70.7 cm³/mol. The second kappa shape index (κ2) is 8.07. The summed E-state index contributed by atoms with van der Waals surface area (Å²) in [6, 6.07) is 0. The fourth-order valence-corrected chi connectivity index (χ4v) is 2.00. The summed E-state index contributed by atoms with van der Waals surface area (Å²) in [5.74, 6) is 0. The molecular weight excluding hydrogens is 271 g/mol. The summed E-state index contributed by atoms with van der Waals surface area (Å²) in [6.45, 7) is 7.01. The van der Waals surface area contributed by atoms with Crippen molar-refractivity contribution < 1.29 is 0 Å². The van der Waals surface area contributed by atoms with Crippen molar-refractivity contribution in [1.82, 2.24) is 0 Å². The molecule has 0 radical (unpaired) electrons. The van der Waals surface area contributed by atoms with Gasteiger partial charge in [-0.2, -0.15) is 0 Å². The van der Waals surface area contributed by atoms with Gasteiger partial charge in [0.05, 0.1) is 0 Å². The largest absolute Gasteiger partial charge is 0.0864 e. The van der Waals surface area contributed by atoms with E-state index in [9.17, 15) is 0 Å². The Morgan fingerprint density at radius 2 is 1.23 bits per heavy atom. The van der Waals surface area contributed by atoms with Gasteiger partial charge >= 0.3 is 0 Å². The summed E-state index contributed by atoms with van der Waals surface area (Å²) < 4.78 is 1.33. The zero-order valence-corrected chi connectivity index (χ0v) is 11.7. The number of alkyl halides is 1. The first kappa shape index (κ1) is 13.7. The maximum absolute atomic E-state index is 2.47. The minimum absolute atomic E-state index is 0.544. The van der Waals surface area contributed by atoms with E-state index in [2.05, 4.69) is 43.4 Å². The summed E-state index contributed by atoms with van der Waals surface area (Å²) >= 11 is 2.47. The fourth-order valence-electron chi connectivity index (χ4n) is 1.46. The van der Waals surface area contributed by atoms with E-state index in [4.69, 9.17) is 0 Å². The maximum Gasteiger partial charge on any atom is -0.000473 e. The van der Waals surface area contributed by atoms with Crippen LogP contribution in [0.4, 0.5) is 0 Å². The Morgan fingerprint density at radius 3 is 1.69 bits per heavy atom. The van der Waals surface area contributed by atoms with Crippen molar-refractivity contribution in [2.24, 2.45) is 5.41 Å². The highest BCUT2D eigenvalue weighted by atomic mass is 127. The van der Waals surface area contributed by atoms with Gasteiger partial charge in [-0.05, 0) is 22.7 Å². The normalized spacial score (nSPS) is 12.0. The molecule has 0 unspecified atom stereocenters. The first-order chi connectivity index (χ1) is 6.06. The Morgan fingerprint density at radius 1 is 0.769 bits per heavy atom. The monoisotopic (exact) mass is 296 g/mol. The lowest BCUT2D eigenvalue weighted by atomic mass is 9.89. The Kier molecular flexibility index (Phi) is 8.53. The molecule has 0 aromatic heterocycles. The van der Waals surface area contributed by atoms with Crippen molar-refractivity contribution in [1.29, 1.82) is 0 Å². The molecule has 0 aliphatic rings. The summed E-state index contributed by atoms with van der Waals surface area (Å²) in [5, 5.41) is 0. The lowest BCUT2D eigenvalue weighted by Crippen LogP contribution is -2.03. The topological polar surface area (TPSA) is 0 Å². The van der Waals surface area contributed by atoms with E-state index in [1.807, 2.05) is 0 Å². The quantitative estimate of drug-likeness (QED) is 0.344. The molecule has 0 nitrogen and oxygen atoms in total. The van der Waals surface area contributed by atoms with Gasteiger partial charge < -0.3 is 0 Å². The van der Waals surface area contributed by atoms with E-state index < -0.39 is 0 Å². The zero-order chi connectivity index (χ0) is 10.2. The van der Waals surface area contributed by atoms with Crippen LogP contribution in [0, 0.1) is 5.41 Å². The van der Waals surface area contributed by atoms with Gasteiger partial charge in [-0.1, -0.05) is 75.5 Å². The lowest BCUT2D eigenvalue weighted by molar-refractivity contribution is 0.356. The molecule has 80 valence electrons. The van der Waals surface area contributed by atoms with Gasteiger partial charge in [-0.15, -0.1) is 0 Å². The molecule has 0 spiro atoms. The first-order valence-electron chi connectivity index (χ1n) is 5.62. The molecule has 0 aromatic carbocycles. The van der Waals surface area contributed by atoms with Crippen LogP contribution in [-0.2, 0) is 0 Å². The van der Waals surface area contributed by atoms with Crippen LogP contribution >= 0.6 is 22.6 Å². The van der Waals surface area contributed by atoms with Crippen LogP contribution in [0.3, 0.4) is 0 Å². The molecule has 0 N–H and O–H groups in total. The van der Waals surface area contributed by atoms with Crippen molar-refractivity contribution in [2.45, 2.75) is 65.7 Å². The minimum atomic E-state index is 0.544. The maximum atomic E-state index is 2.47. The molecule has 0 heterocycles. The standard InChI is InChI=1S/C12H25I/c1-12(2,3)10-8-6-4-5-7-9-11-13/h4-11H2,1-3H3. The number of unbranched alkanes of at least 4 members (excludes halogenated alkanes) is 5. The molecule has 0 bridgehead atoms. The van der Waals surface area contributed by atoms with E-state index in [-0.39, 0.29) is 0 Å². The first-order valence-corrected chi connectivity index (χ1v) is 7.15. The second-order valence-corrected chi connectivity index (χ2v) is 6.20. The van der Waals surface area contributed by atoms with Crippen molar-refractivity contribution in [3.8, 4) is 0 Å². The number of rotatable bonds is 7. The summed E-state index contributed by atoms with van der Waals surface area (Å²) in [7, 11) is 0. The zero-order valence-electron chi connectivity index (χ0n) is 9.53. The van der Waals surface area contributed by atoms with E-state index in [1.165, 1.54) is 49.4 Å². The molecule has 0 saturated carbocycles. The molecule has 1 heteroatoms. The van der Waals surface area contributed by atoms with E-state index in [0.29, 0.717) is 5.41 Å². The third kappa shape index (κ3) is 12.7. The number of halogens is 1. The van der Waals surface area contributed by atoms with Gasteiger partial charge in [0.1, 0.15) is 0 Å². The van der Waals surface area contributed by atoms with E-state index in [1.54, 1.807) is 0 Å². The van der Waals surface area contributed by atoms with Gasteiger partial charge in [0.2, 0.25) is 0 Å².